The maximum Gasteiger partial charge on any atom is 0.306 e. The van der Waals surface area contributed by atoms with Gasteiger partial charge in [0, 0.05) is 18.3 Å². The minimum Gasteiger partial charge on any atom is -0.465 e. The van der Waals surface area contributed by atoms with Gasteiger partial charge in [0.15, 0.2) is 0 Å². The first-order valence-electron chi connectivity index (χ1n) is 5.16. The second-order valence-electron chi connectivity index (χ2n) is 5.27. The van der Waals surface area contributed by atoms with E-state index in [-0.39, 0.29) is 23.2 Å². The molecule has 3 heteroatoms. The molecule has 0 aromatic heterocycles. The van der Waals surface area contributed by atoms with Crippen molar-refractivity contribution in [3.05, 3.63) is 0 Å². The fraction of sp³-hybridized carbons (Fsp3) is 0.818. The molecule has 1 heterocycles. The highest BCUT2D eigenvalue weighted by molar-refractivity contribution is 5.85. The van der Waals surface area contributed by atoms with Gasteiger partial charge in [0.05, 0.1) is 13.0 Å². The van der Waals surface area contributed by atoms with E-state index < -0.39 is 0 Å². The van der Waals surface area contributed by atoms with Crippen LogP contribution in [0.25, 0.3) is 0 Å². The minimum atomic E-state index is -0.146. The van der Waals surface area contributed by atoms with E-state index in [1.165, 1.54) is 0 Å². The molecule has 0 aromatic rings. The molecule has 1 saturated carbocycles. The van der Waals surface area contributed by atoms with Crippen LogP contribution < -0.4 is 0 Å². The smallest absolute Gasteiger partial charge is 0.306 e. The number of carbonyl (C=O) groups excluding carboxylic acids is 2. The molecule has 14 heavy (non-hydrogen) atoms. The topological polar surface area (TPSA) is 43.4 Å². The van der Waals surface area contributed by atoms with Crippen molar-refractivity contribution in [1.82, 2.24) is 0 Å². The first kappa shape index (κ1) is 9.69. The monoisotopic (exact) mass is 196 g/mol. The van der Waals surface area contributed by atoms with Gasteiger partial charge in [-0.3, -0.25) is 9.59 Å². The first-order chi connectivity index (χ1) is 6.48. The second kappa shape index (κ2) is 3.07. The first-order valence-corrected chi connectivity index (χ1v) is 5.16. The maximum absolute atomic E-state index is 11.7. The van der Waals surface area contributed by atoms with Crippen LogP contribution in [0.2, 0.25) is 0 Å². The summed E-state index contributed by atoms with van der Waals surface area (Å²) in [4.78, 5) is 22.7. The number of cyclic esters (lactones) is 1. The fourth-order valence-corrected chi connectivity index (χ4v) is 2.60. The Bertz CT molecular complexity index is 280. The van der Waals surface area contributed by atoms with Crippen LogP contribution in [0.15, 0.2) is 0 Å². The molecule has 1 aliphatic heterocycles. The predicted octanol–water partition coefficient (Wildman–Crippen LogP) is 1.55. The Labute approximate surface area is 83.8 Å². The molecule has 1 aliphatic carbocycles. The van der Waals surface area contributed by atoms with Crippen molar-refractivity contribution in [3.63, 3.8) is 0 Å². The molecule has 2 rings (SSSR count). The Balaban J connectivity index is 2.06. The van der Waals surface area contributed by atoms with Crippen molar-refractivity contribution in [3.8, 4) is 0 Å². The lowest BCUT2D eigenvalue weighted by Crippen LogP contribution is -2.19. The average molecular weight is 196 g/mol. The SMILES string of the molecule is CC1(C)CC(=O)C(C2COC(=O)C2)C1. The van der Waals surface area contributed by atoms with Crippen molar-refractivity contribution >= 4 is 11.8 Å². The number of hydrogen-bond donors (Lipinski definition) is 0. The standard InChI is InChI=1S/C11H16O3/c1-11(2)4-8(9(12)5-11)7-3-10(13)14-6-7/h7-8H,3-6H2,1-2H3. The van der Waals surface area contributed by atoms with E-state index in [4.69, 9.17) is 4.74 Å². The molecule has 0 amide bonds. The molecule has 2 unspecified atom stereocenters. The van der Waals surface area contributed by atoms with Crippen molar-refractivity contribution in [2.45, 2.75) is 33.1 Å². The summed E-state index contributed by atoms with van der Waals surface area (Å²) in [6.45, 7) is 4.68. The average Bonchev–Trinajstić information content (AvgIpc) is 2.55. The zero-order chi connectivity index (χ0) is 10.3. The second-order valence-corrected chi connectivity index (χ2v) is 5.27. The van der Waals surface area contributed by atoms with Gasteiger partial charge >= 0.3 is 5.97 Å². The Morgan fingerprint density at radius 3 is 2.50 bits per heavy atom. The molecular weight excluding hydrogens is 180 g/mol. The molecule has 2 fully saturated rings. The van der Waals surface area contributed by atoms with Crippen LogP contribution in [-0.4, -0.2) is 18.4 Å². The van der Waals surface area contributed by atoms with E-state index in [2.05, 4.69) is 13.8 Å². The summed E-state index contributed by atoms with van der Waals surface area (Å²) >= 11 is 0. The Morgan fingerprint density at radius 2 is 2.07 bits per heavy atom. The number of ketones is 1. The van der Waals surface area contributed by atoms with Gasteiger partial charge in [-0.05, 0) is 11.8 Å². The van der Waals surface area contributed by atoms with E-state index in [9.17, 15) is 9.59 Å². The predicted molar refractivity (Wildman–Crippen MR) is 50.6 cm³/mol. The van der Waals surface area contributed by atoms with Crippen LogP contribution in [0, 0.1) is 17.3 Å². The van der Waals surface area contributed by atoms with E-state index in [1.807, 2.05) is 0 Å². The van der Waals surface area contributed by atoms with Crippen LogP contribution in [0.1, 0.15) is 33.1 Å². The van der Waals surface area contributed by atoms with Gasteiger partial charge < -0.3 is 4.74 Å². The number of esters is 1. The number of carbonyl (C=O) groups is 2. The third kappa shape index (κ3) is 1.68. The normalized spacial score (nSPS) is 36.1. The largest absolute Gasteiger partial charge is 0.465 e. The fourth-order valence-electron chi connectivity index (χ4n) is 2.60. The zero-order valence-electron chi connectivity index (χ0n) is 8.71. The highest BCUT2D eigenvalue weighted by atomic mass is 16.5. The summed E-state index contributed by atoms with van der Waals surface area (Å²) in [5.74, 6) is 0.388. The number of ether oxygens (including phenoxy) is 1. The molecule has 78 valence electrons. The summed E-state index contributed by atoms with van der Waals surface area (Å²) in [5, 5.41) is 0. The van der Waals surface area contributed by atoms with E-state index in [0.29, 0.717) is 25.2 Å². The number of rotatable bonds is 1. The molecule has 0 aromatic carbocycles. The summed E-state index contributed by atoms with van der Waals surface area (Å²) in [6, 6.07) is 0. The molecule has 2 aliphatic rings. The van der Waals surface area contributed by atoms with Crippen molar-refractivity contribution < 1.29 is 14.3 Å². The van der Waals surface area contributed by atoms with E-state index in [1.54, 1.807) is 0 Å². The van der Waals surface area contributed by atoms with E-state index in [0.717, 1.165) is 6.42 Å². The summed E-state index contributed by atoms with van der Waals surface area (Å²) in [6.07, 6.45) is 2.00. The van der Waals surface area contributed by atoms with Gasteiger partial charge in [0.1, 0.15) is 5.78 Å². The molecule has 2 atom stereocenters. The maximum atomic E-state index is 11.7. The molecule has 0 spiro atoms. The summed E-state index contributed by atoms with van der Waals surface area (Å²) in [5.41, 5.74) is 0.118. The van der Waals surface area contributed by atoms with Gasteiger partial charge in [-0.15, -0.1) is 0 Å². The van der Waals surface area contributed by atoms with Crippen LogP contribution in [-0.2, 0) is 14.3 Å². The lowest BCUT2D eigenvalue weighted by atomic mass is 9.85. The lowest BCUT2D eigenvalue weighted by molar-refractivity contribution is -0.138. The molecule has 1 saturated heterocycles. The summed E-state index contributed by atoms with van der Waals surface area (Å²) < 4.78 is 4.90. The van der Waals surface area contributed by atoms with Crippen molar-refractivity contribution in [1.29, 1.82) is 0 Å². The Morgan fingerprint density at radius 1 is 1.36 bits per heavy atom. The number of hydrogen-bond acceptors (Lipinski definition) is 3. The molecule has 3 nitrogen and oxygen atoms in total. The minimum absolute atomic E-state index is 0.0662. The van der Waals surface area contributed by atoms with Crippen LogP contribution >= 0.6 is 0 Å². The molecular formula is C11H16O3. The van der Waals surface area contributed by atoms with Gasteiger partial charge in [0.25, 0.3) is 0 Å². The van der Waals surface area contributed by atoms with Gasteiger partial charge in [-0.25, -0.2) is 0 Å². The third-order valence-electron chi connectivity index (χ3n) is 3.30. The van der Waals surface area contributed by atoms with Crippen molar-refractivity contribution in [2.24, 2.45) is 17.3 Å². The molecule has 0 radical (unpaired) electrons. The quantitative estimate of drug-likeness (QED) is 0.598. The van der Waals surface area contributed by atoms with Gasteiger partial charge in [-0.1, -0.05) is 13.8 Å². The molecule has 0 bridgehead atoms. The van der Waals surface area contributed by atoms with Gasteiger partial charge in [0.2, 0.25) is 0 Å². The van der Waals surface area contributed by atoms with Crippen molar-refractivity contribution in [2.75, 3.05) is 6.61 Å². The lowest BCUT2D eigenvalue weighted by Gasteiger charge is -2.17. The Hall–Kier alpha value is -0.860. The third-order valence-corrected chi connectivity index (χ3v) is 3.30. The van der Waals surface area contributed by atoms with E-state index >= 15 is 0 Å². The van der Waals surface area contributed by atoms with Crippen LogP contribution in [0.5, 0.6) is 0 Å². The number of Topliss-reactive ketones (excluding diaryl/α,β-unsaturated/α-hetero) is 1. The highest BCUT2D eigenvalue weighted by Crippen LogP contribution is 2.43. The zero-order valence-corrected chi connectivity index (χ0v) is 8.71. The highest BCUT2D eigenvalue weighted by Gasteiger charge is 2.44. The Kier molecular flexibility index (Phi) is 2.13. The van der Waals surface area contributed by atoms with Crippen LogP contribution in [0.3, 0.4) is 0 Å². The summed E-state index contributed by atoms with van der Waals surface area (Å²) in [7, 11) is 0. The molecule has 0 N–H and O–H groups in total. The van der Waals surface area contributed by atoms with Gasteiger partial charge in [-0.2, -0.15) is 0 Å². The van der Waals surface area contributed by atoms with Crippen LogP contribution in [0.4, 0.5) is 0 Å².